The molecular formula is C26H21FN4O2S2. The van der Waals surface area contributed by atoms with Crippen LogP contribution in [-0.2, 0) is 9.59 Å². The highest BCUT2D eigenvalue weighted by Gasteiger charge is 2.35. The number of anilines is 2. The quantitative estimate of drug-likeness (QED) is 0.390. The van der Waals surface area contributed by atoms with Gasteiger partial charge in [-0.05, 0) is 54.8 Å². The summed E-state index contributed by atoms with van der Waals surface area (Å²) in [5.41, 5.74) is 2.57. The molecule has 2 heterocycles. The van der Waals surface area contributed by atoms with Gasteiger partial charge in [-0.25, -0.2) is 4.39 Å². The van der Waals surface area contributed by atoms with E-state index < -0.39 is 5.92 Å². The fourth-order valence-electron chi connectivity index (χ4n) is 3.66. The molecule has 0 radical (unpaired) electrons. The van der Waals surface area contributed by atoms with Gasteiger partial charge in [0.15, 0.2) is 0 Å². The molecule has 0 bridgehead atoms. The minimum atomic E-state index is -0.562. The van der Waals surface area contributed by atoms with Crippen molar-refractivity contribution in [3.05, 3.63) is 105 Å². The molecule has 0 spiro atoms. The second-order valence-electron chi connectivity index (χ2n) is 7.63. The summed E-state index contributed by atoms with van der Waals surface area (Å²) in [5, 5.41) is 21.3. The number of hydrogen-bond donors (Lipinski definition) is 3. The van der Waals surface area contributed by atoms with Crippen molar-refractivity contribution in [2.24, 2.45) is 0 Å². The van der Waals surface area contributed by atoms with Crippen molar-refractivity contribution in [2.45, 2.75) is 12.8 Å². The second kappa shape index (κ2) is 11.0. The van der Waals surface area contributed by atoms with Crippen LogP contribution in [-0.4, -0.2) is 17.6 Å². The molecule has 0 saturated heterocycles. The lowest BCUT2D eigenvalue weighted by Crippen LogP contribution is -2.30. The standard InChI is InChI=1S/C26H21FN4O2S2/c1-16-23(25(33)31-18-6-3-2-4-7-18)24(21-8-5-13-34-21)20(14-28)26(29-16)35-15-22(32)30-19-11-9-17(27)10-12-19/h2-13,24,29H,15H2,1H3,(H,30,32)(H,31,33)/t24-/m0/s1. The number of nitrogens with zero attached hydrogens (tertiary/aromatic N) is 1. The molecule has 0 fully saturated rings. The number of amides is 2. The van der Waals surface area contributed by atoms with Gasteiger partial charge in [-0.2, -0.15) is 5.26 Å². The Kier molecular flexibility index (Phi) is 7.65. The average Bonchev–Trinajstić information content (AvgIpc) is 3.39. The van der Waals surface area contributed by atoms with Gasteiger partial charge in [0.2, 0.25) is 5.91 Å². The monoisotopic (exact) mass is 504 g/mol. The number of allylic oxidation sites excluding steroid dienone is 2. The van der Waals surface area contributed by atoms with E-state index in [4.69, 9.17) is 0 Å². The third kappa shape index (κ3) is 5.80. The molecule has 35 heavy (non-hydrogen) atoms. The zero-order valence-electron chi connectivity index (χ0n) is 18.7. The number of carbonyl (C=O) groups is 2. The van der Waals surface area contributed by atoms with Gasteiger partial charge >= 0.3 is 0 Å². The third-order valence-electron chi connectivity index (χ3n) is 5.23. The zero-order chi connectivity index (χ0) is 24.8. The van der Waals surface area contributed by atoms with Crippen molar-refractivity contribution in [1.82, 2.24) is 5.32 Å². The molecule has 1 aliphatic rings. The first-order valence-corrected chi connectivity index (χ1v) is 12.5. The molecule has 1 aliphatic heterocycles. The Labute approximate surface area is 210 Å². The van der Waals surface area contributed by atoms with Crippen LogP contribution in [0.5, 0.6) is 0 Å². The number of para-hydroxylation sites is 1. The Morgan fingerprint density at radius 2 is 1.77 bits per heavy atom. The first-order valence-electron chi connectivity index (χ1n) is 10.7. The van der Waals surface area contributed by atoms with Gasteiger partial charge in [0.1, 0.15) is 5.82 Å². The van der Waals surface area contributed by atoms with Crippen LogP contribution in [0.3, 0.4) is 0 Å². The van der Waals surface area contributed by atoms with Gasteiger partial charge in [-0.15, -0.1) is 11.3 Å². The van der Waals surface area contributed by atoms with Gasteiger partial charge < -0.3 is 16.0 Å². The highest BCUT2D eigenvalue weighted by molar-refractivity contribution is 8.03. The molecule has 1 aromatic heterocycles. The van der Waals surface area contributed by atoms with Crippen molar-refractivity contribution in [3.8, 4) is 6.07 Å². The van der Waals surface area contributed by atoms with E-state index in [9.17, 15) is 19.2 Å². The number of thiophene rings is 1. The summed E-state index contributed by atoms with van der Waals surface area (Å²) in [6.45, 7) is 1.79. The third-order valence-corrected chi connectivity index (χ3v) is 7.18. The summed E-state index contributed by atoms with van der Waals surface area (Å²) >= 11 is 2.64. The molecule has 2 amide bonds. The van der Waals surface area contributed by atoms with E-state index in [1.165, 1.54) is 47.4 Å². The number of nitriles is 1. The summed E-state index contributed by atoms with van der Waals surface area (Å²) in [6, 6.07) is 20.6. The van der Waals surface area contributed by atoms with Crippen LogP contribution in [0.1, 0.15) is 17.7 Å². The number of benzene rings is 2. The van der Waals surface area contributed by atoms with Crippen molar-refractivity contribution in [1.29, 1.82) is 5.26 Å². The number of rotatable bonds is 7. The molecule has 1 atom stereocenters. The van der Waals surface area contributed by atoms with Gasteiger partial charge in [0.25, 0.3) is 5.91 Å². The molecule has 9 heteroatoms. The molecule has 3 aromatic rings. The number of hydrogen-bond acceptors (Lipinski definition) is 6. The van der Waals surface area contributed by atoms with E-state index in [2.05, 4.69) is 22.0 Å². The average molecular weight is 505 g/mol. The molecule has 6 nitrogen and oxygen atoms in total. The van der Waals surface area contributed by atoms with Crippen LogP contribution < -0.4 is 16.0 Å². The number of nitrogens with one attached hydrogen (secondary N) is 3. The summed E-state index contributed by atoms with van der Waals surface area (Å²) < 4.78 is 13.1. The predicted molar refractivity (Wildman–Crippen MR) is 138 cm³/mol. The largest absolute Gasteiger partial charge is 0.353 e. The van der Waals surface area contributed by atoms with E-state index in [1.54, 1.807) is 19.1 Å². The molecule has 4 rings (SSSR count). The fraction of sp³-hybridized carbons (Fsp3) is 0.115. The summed E-state index contributed by atoms with van der Waals surface area (Å²) in [5.74, 6) is -1.52. The van der Waals surface area contributed by atoms with Crippen LogP contribution in [0.2, 0.25) is 0 Å². The molecule has 0 aliphatic carbocycles. The fourth-order valence-corrected chi connectivity index (χ4v) is 5.39. The van der Waals surface area contributed by atoms with Gasteiger partial charge in [-0.1, -0.05) is 36.0 Å². The van der Waals surface area contributed by atoms with Crippen molar-refractivity contribution in [3.63, 3.8) is 0 Å². The van der Waals surface area contributed by atoms with Crippen molar-refractivity contribution in [2.75, 3.05) is 16.4 Å². The Morgan fingerprint density at radius 1 is 1.06 bits per heavy atom. The van der Waals surface area contributed by atoms with Crippen LogP contribution in [0.15, 0.2) is 94.0 Å². The van der Waals surface area contributed by atoms with E-state index >= 15 is 0 Å². The number of thioether (sulfide) groups is 1. The van der Waals surface area contributed by atoms with Crippen LogP contribution in [0.4, 0.5) is 15.8 Å². The molecule has 3 N–H and O–H groups in total. The highest BCUT2D eigenvalue weighted by Crippen LogP contribution is 2.42. The van der Waals surface area contributed by atoms with Gasteiger partial charge in [0, 0.05) is 27.5 Å². The van der Waals surface area contributed by atoms with Crippen LogP contribution in [0.25, 0.3) is 0 Å². The maximum atomic E-state index is 13.3. The Hall–Kier alpha value is -3.87. The second-order valence-corrected chi connectivity index (χ2v) is 9.60. The molecule has 0 saturated carbocycles. The van der Waals surface area contributed by atoms with Gasteiger partial charge in [0.05, 0.1) is 28.3 Å². The van der Waals surface area contributed by atoms with Crippen LogP contribution in [0, 0.1) is 17.1 Å². The summed E-state index contributed by atoms with van der Waals surface area (Å²) in [7, 11) is 0. The molecular weight excluding hydrogens is 483 g/mol. The SMILES string of the molecule is CC1=C(C(=O)Nc2ccccc2)[C@H](c2cccs2)C(C#N)=C(SCC(=O)Nc2ccc(F)cc2)N1. The number of carbonyl (C=O) groups excluding carboxylic acids is 2. The van der Waals surface area contributed by atoms with E-state index in [0.29, 0.717) is 33.2 Å². The maximum absolute atomic E-state index is 13.3. The normalized spacial score (nSPS) is 15.3. The van der Waals surface area contributed by atoms with E-state index in [1.807, 2.05) is 35.7 Å². The minimum Gasteiger partial charge on any atom is -0.353 e. The van der Waals surface area contributed by atoms with Crippen molar-refractivity contribution < 1.29 is 14.0 Å². The lowest BCUT2D eigenvalue weighted by molar-refractivity contribution is -0.114. The first-order chi connectivity index (χ1) is 17.0. The molecule has 2 aromatic carbocycles. The number of halogens is 1. The van der Waals surface area contributed by atoms with Crippen molar-refractivity contribution >= 4 is 46.3 Å². The van der Waals surface area contributed by atoms with E-state index in [-0.39, 0.29) is 23.4 Å². The summed E-state index contributed by atoms with van der Waals surface area (Å²) in [4.78, 5) is 26.6. The lowest BCUT2D eigenvalue weighted by atomic mass is 9.86. The minimum absolute atomic E-state index is 0.0286. The Balaban J connectivity index is 1.57. The predicted octanol–water partition coefficient (Wildman–Crippen LogP) is 5.59. The Morgan fingerprint density at radius 3 is 2.43 bits per heavy atom. The zero-order valence-corrected chi connectivity index (χ0v) is 20.3. The Bertz CT molecular complexity index is 1330. The summed E-state index contributed by atoms with van der Waals surface area (Å²) in [6.07, 6.45) is 0. The van der Waals surface area contributed by atoms with E-state index in [0.717, 1.165) is 4.88 Å². The molecule has 0 unspecified atom stereocenters. The highest BCUT2D eigenvalue weighted by atomic mass is 32.2. The number of dihydropyridines is 1. The van der Waals surface area contributed by atoms with Crippen LogP contribution >= 0.6 is 23.1 Å². The molecule has 176 valence electrons. The topological polar surface area (TPSA) is 94.0 Å². The first kappa shape index (κ1) is 24.3. The smallest absolute Gasteiger partial charge is 0.254 e. The maximum Gasteiger partial charge on any atom is 0.254 e. The van der Waals surface area contributed by atoms with Gasteiger partial charge in [-0.3, -0.25) is 9.59 Å². The lowest BCUT2D eigenvalue weighted by Gasteiger charge is -2.29.